The summed E-state index contributed by atoms with van der Waals surface area (Å²) in [7, 11) is 0. The highest BCUT2D eigenvalue weighted by Crippen LogP contribution is 2.34. The fraction of sp³-hybridized carbons (Fsp3) is 0.125. The molecule has 20 heavy (non-hydrogen) atoms. The van der Waals surface area contributed by atoms with Gasteiger partial charge in [-0.25, -0.2) is 0 Å². The predicted molar refractivity (Wildman–Crippen MR) is 83.4 cm³/mol. The van der Waals surface area contributed by atoms with Crippen LogP contribution in [0, 0.1) is 13.8 Å². The van der Waals surface area contributed by atoms with Crippen molar-refractivity contribution in [1.82, 2.24) is 0 Å². The summed E-state index contributed by atoms with van der Waals surface area (Å²) >= 11 is 12.0. The van der Waals surface area contributed by atoms with Crippen molar-refractivity contribution in [3.8, 4) is 11.5 Å². The Morgan fingerprint density at radius 2 is 1.20 bits per heavy atom. The summed E-state index contributed by atoms with van der Waals surface area (Å²) in [6.07, 6.45) is 0. The van der Waals surface area contributed by atoms with Gasteiger partial charge in [0, 0.05) is 5.57 Å². The minimum Gasteiger partial charge on any atom is -0.508 e. The Kier molecular flexibility index (Phi) is 4.26. The standard InChI is InChI=1S/C16H14Cl2O2/c1-9-7-11(3-5-13(9)19)15(16(17)18)12-4-6-14(20)10(2)8-12/h3-8,19-20H,1-2H3. The van der Waals surface area contributed by atoms with Crippen molar-refractivity contribution in [3.63, 3.8) is 0 Å². The first-order chi connectivity index (χ1) is 9.40. The molecule has 4 heteroatoms. The predicted octanol–water partition coefficient (Wildman–Crippen LogP) is 4.91. The summed E-state index contributed by atoms with van der Waals surface area (Å²) in [6, 6.07) is 10.4. The van der Waals surface area contributed by atoms with E-state index in [2.05, 4.69) is 0 Å². The second kappa shape index (κ2) is 5.78. The van der Waals surface area contributed by atoms with Gasteiger partial charge in [0.25, 0.3) is 0 Å². The van der Waals surface area contributed by atoms with E-state index in [4.69, 9.17) is 23.2 Å². The SMILES string of the molecule is Cc1cc(C(=C(Cl)Cl)c2ccc(O)c(C)c2)ccc1O. The number of benzene rings is 2. The Morgan fingerprint density at radius 3 is 1.50 bits per heavy atom. The van der Waals surface area contributed by atoms with E-state index in [1.54, 1.807) is 38.1 Å². The summed E-state index contributed by atoms with van der Waals surface area (Å²) in [4.78, 5) is 0. The Bertz CT molecular complexity index is 633. The Morgan fingerprint density at radius 1 is 0.800 bits per heavy atom. The zero-order valence-corrected chi connectivity index (χ0v) is 12.6. The van der Waals surface area contributed by atoms with Gasteiger partial charge in [-0.3, -0.25) is 0 Å². The third-order valence-corrected chi connectivity index (χ3v) is 3.54. The van der Waals surface area contributed by atoms with Gasteiger partial charge in [0.2, 0.25) is 0 Å². The van der Waals surface area contributed by atoms with Crippen LogP contribution in [0.2, 0.25) is 0 Å². The van der Waals surface area contributed by atoms with E-state index in [-0.39, 0.29) is 16.0 Å². The number of rotatable bonds is 2. The van der Waals surface area contributed by atoms with Crippen LogP contribution in [0.15, 0.2) is 40.9 Å². The Balaban J connectivity index is 2.60. The van der Waals surface area contributed by atoms with Crippen LogP contribution >= 0.6 is 23.2 Å². The first-order valence-corrected chi connectivity index (χ1v) is 6.81. The van der Waals surface area contributed by atoms with Crippen molar-refractivity contribution in [2.75, 3.05) is 0 Å². The molecule has 104 valence electrons. The van der Waals surface area contributed by atoms with Crippen molar-refractivity contribution < 1.29 is 10.2 Å². The minimum atomic E-state index is 0.139. The quantitative estimate of drug-likeness (QED) is 0.827. The molecule has 0 unspecified atom stereocenters. The molecule has 2 aromatic carbocycles. The fourth-order valence-corrected chi connectivity index (χ4v) is 2.44. The summed E-state index contributed by atoms with van der Waals surface area (Å²) in [5.41, 5.74) is 3.77. The molecule has 0 fully saturated rings. The molecule has 0 spiro atoms. The van der Waals surface area contributed by atoms with Gasteiger partial charge >= 0.3 is 0 Å². The maximum Gasteiger partial charge on any atom is 0.118 e. The molecule has 0 radical (unpaired) electrons. The van der Waals surface area contributed by atoms with Crippen molar-refractivity contribution in [1.29, 1.82) is 0 Å². The molecule has 0 bridgehead atoms. The summed E-state index contributed by atoms with van der Waals surface area (Å²) in [6.45, 7) is 3.61. The van der Waals surface area contributed by atoms with Crippen LogP contribution in [0.5, 0.6) is 11.5 Å². The number of phenols is 2. The Labute approximate surface area is 127 Å². The largest absolute Gasteiger partial charge is 0.508 e. The number of hydrogen-bond acceptors (Lipinski definition) is 2. The van der Waals surface area contributed by atoms with Gasteiger partial charge in [-0.1, -0.05) is 35.3 Å². The number of hydrogen-bond donors (Lipinski definition) is 2. The highest BCUT2D eigenvalue weighted by molar-refractivity contribution is 6.59. The average molecular weight is 309 g/mol. The molecule has 0 aliphatic carbocycles. The lowest BCUT2D eigenvalue weighted by atomic mass is 9.96. The minimum absolute atomic E-state index is 0.139. The molecule has 0 atom stereocenters. The molecular formula is C16H14Cl2O2. The molecule has 0 saturated heterocycles. The number of phenolic OH excluding ortho intramolecular Hbond substituents is 2. The van der Waals surface area contributed by atoms with Gasteiger partial charge in [0.1, 0.15) is 16.0 Å². The van der Waals surface area contributed by atoms with Crippen molar-refractivity contribution >= 4 is 28.8 Å². The van der Waals surface area contributed by atoms with E-state index in [0.717, 1.165) is 22.3 Å². The molecular weight excluding hydrogens is 295 g/mol. The molecule has 2 rings (SSSR count). The van der Waals surface area contributed by atoms with Gasteiger partial charge in [-0.15, -0.1) is 0 Å². The molecule has 2 N–H and O–H groups in total. The van der Waals surface area contributed by atoms with E-state index < -0.39 is 0 Å². The highest BCUT2D eigenvalue weighted by atomic mass is 35.5. The van der Waals surface area contributed by atoms with Gasteiger partial charge < -0.3 is 10.2 Å². The lowest BCUT2D eigenvalue weighted by Crippen LogP contribution is -1.91. The lowest BCUT2D eigenvalue weighted by molar-refractivity contribution is 0.470. The van der Waals surface area contributed by atoms with Gasteiger partial charge in [-0.05, 0) is 60.4 Å². The van der Waals surface area contributed by atoms with Crippen LogP contribution in [0.4, 0.5) is 0 Å². The molecule has 0 amide bonds. The van der Waals surface area contributed by atoms with E-state index in [1.807, 2.05) is 12.1 Å². The van der Waals surface area contributed by atoms with E-state index in [1.165, 1.54) is 0 Å². The van der Waals surface area contributed by atoms with Crippen LogP contribution in [0.1, 0.15) is 22.3 Å². The number of aromatic hydroxyl groups is 2. The van der Waals surface area contributed by atoms with Gasteiger partial charge in [0.15, 0.2) is 0 Å². The van der Waals surface area contributed by atoms with E-state index in [9.17, 15) is 10.2 Å². The number of halogens is 2. The van der Waals surface area contributed by atoms with Crippen LogP contribution in [0.25, 0.3) is 5.57 Å². The topological polar surface area (TPSA) is 40.5 Å². The van der Waals surface area contributed by atoms with Crippen molar-refractivity contribution in [2.24, 2.45) is 0 Å². The van der Waals surface area contributed by atoms with Crippen molar-refractivity contribution in [3.05, 3.63) is 63.1 Å². The number of aryl methyl sites for hydroxylation is 2. The lowest BCUT2D eigenvalue weighted by Gasteiger charge is -2.12. The normalized spacial score (nSPS) is 10.4. The average Bonchev–Trinajstić information content (AvgIpc) is 2.38. The fourth-order valence-electron chi connectivity index (χ4n) is 2.01. The molecule has 0 saturated carbocycles. The molecule has 0 heterocycles. The molecule has 0 aromatic heterocycles. The van der Waals surface area contributed by atoms with Crippen LogP contribution in [-0.4, -0.2) is 10.2 Å². The second-order valence-electron chi connectivity index (χ2n) is 4.64. The molecule has 2 nitrogen and oxygen atoms in total. The Hall–Kier alpha value is -1.64. The monoisotopic (exact) mass is 308 g/mol. The van der Waals surface area contributed by atoms with E-state index in [0.29, 0.717) is 5.57 Å². The smallest absolute Gasteiger partial charge is 0.118 e. The van der Waals surface area contributed by atoms with Gasteiger partial charge in [-0.2, -0.15) is 0 Å². The maximum atomic E-state index is 9.60. The first-order valence-electron chi connectivity index (χ1n) is 6.05. The molecule has 2 aromatic rings. The second-order valence-corrected chi connectivity index (χ2v) is 5.59. The first kappa shape index (κ1) is 14.8. The van der Waals surface area contributed by atoms with Crippen molar-refractivity contribution in [2.45, 2.75) is 13.8 Å². The summed E-state index contributed by atoms with van der Waals surface area (Å²) < 4.78 is 0.139. The molecule has 0 aliphatic rings. The van der Waals surface area contributed by atoms with E-state index >= 15 is 0 Å². The van der Waals surface area contributed by atoms with Gasteiger partial charge in [0.05, 0.1) is 0 Å². The summed E-state index contributed by atoms with van der Waals surface area (Å²) in [5, 5.41) is 19.2. The zero-order chi connectivity index (χ0) is 14.9. The summed E-state index contributed by atoms with van der Waals surface area (Å²) in [5.74, 6) is 0.446. The molecule has 0 aliphatic heterocycles. The van der Waals surface area contributed by atoms with Crippen LogP contribution in [0.3, 0.4) is 0 Å². The maximum absolute atomic E-state index is 9.60. The highest BCUT2D eigenvalue weighted by Gasteiger charge is 2.12. The van der Waals surface area contributed by atoms with Crippen LogP contribution < -0.4 is 0 Å². The van der Waals surface area contributed by atoms with Crippen LogP contribution in [-0.2, 0) is 0 Å². The third-order valence-electron chi connectivity index (χ3n) is 3.16. The third kappa shape index (κ3) is 2.92. The zero-order valence-electron chi connectivity index (χ0n) is 11.1.